The molecule has 3 aromatic rings. The molecule has 1 heterocycles. The second kappa shape index (κ2) is 7.70. The van der Waals surface area contributed by atoms with Crippen LogP contribution >= 0.6 is 11.3 Å². The van der Waals surface area contributed by atoms with Gasteiger partial charge in [0, 0.05) is 29.5 Å². The zero-order valence-electron chi connectivity index (χ0n) is 13.6. The SMILES string of the molecule is O=C(NCCc1csc(-c2ccccc2)n1)c1ccc(C(F)(F)F)cc1. The van der Waals surface area contributed by atoms with Gasteiger partial charge in [-0.25, -0.2) is 4.98 Å². The molecule has 26 heavy (non-hydrogen) atoms. The number of amides is 1. The molecule has 0 saturated heterocycles. The quantitative estimate of drug-likeness (QED) is 0.695. The van der Waals surface area contributed by atoms with Gasteiger partial charge in [-0.2, -0.15) is 13.2 Å². The Balaban J connectivity index is 1.53. The van der Waals surface area contributed by atoms with Crippen LogP contribution in [0, 0.1) is 0 Å². The number of halogens is 3. The Morgan fingerprint density at radius 2 is 1.73 bits per heavy atom. The number of nitrogens with zero attached hydrogens (tertiary/aromatic N) is 1. The Kier molecular flexibility index (Phi) is 5.37. The third kappa shape index (κ3) is 4.49. The predicted octanol–water partition coefficient (Wildman–Crippen LogP) is 4.80. The van der Waals surface area contributed by atoms with Crippen LogP contribution in [-0.2, 0) is 12.6 Å². The third-order valence-corrected chi connectivity index (χ3v) is 4.65. The maximum Gasteiger partial charge on any atom is 0.416 e. The van der Waals surface area contributed by atoms with E-state index in [0.717, 1.165) is 28.4 Å². The van der Waals surface area contributed by atoms with Crippen molar-refractivity contribution in [3.05, 3.63) is 76.8 Å². The van der Waals surface area contributed by atoms with E-state index in [0.29, 0.717) is 13.0 Å². The zero-order valence-corrected chi connectivity index (χ0v) is 14.4. The van der Waals surface area contributed by atoms with Gasteiger partial charge in [0.1, 0.15) is 5.01 Å². The summed E-state index contributed by atoms with van der Waals surface area (Å²) in [6, 6.07) is 14.0. The lowest BCUT2D eigenvalue weighted by molar-refractivity contribution is -0.137. The van der Waals surface area contributed by atoms with Crippen molar-refractivity contribution in [2.45, 2.75) is 12.6 Å². The lowest BCUT2D eigenvalue weighted by Crippen LogP contribution is -2.25. The van der Waals surface area contributed by atoms with Gasteiger partial charge in [0.05, 0.1) is 11.3 Å². The van der Waals surface area contributed by atoms with Gasteiger partial charge in [-0.3, -0.25) is 4.79 Å². The number of hydrogen-bond acceptors (Lipinski definition) is 3. The molecule has 3 rings (SSSR count). The van der Waals surface area contributed by atoms with Crippen LogP contribution in [0.2, 0.25) is 0 Å². The summed E-state index contributed by atoms with van der Waals surface area (Å²) in [7, 11) is 0. The maximum absolute atomic E-state index is 12.5. The van der Waals surface area contributed by atoms with E-state index in [1.807, 2.05) is 35.7 Å². The molecule has 0 atom stereocenters. The number of alkyl halides is 3. The molecule has 0 aliphatic heterocycles. The van der Waals surface area contributed by atoms with Crippen LogP contribution in [0.3, 0.4) is 0 Å². The van der Waals surface area contributed by atoms with Gasteiger partial charge in [0.2, 0.25) is 0 Å². The van der Waals surface area contributed by atoms with Crippen LogP contribution in [0.15, 0.2) is 60.0 Å². The first-order chi connectivity index (χ1) is 12.4. The van der Waals surface area contributed by atoms with Crippen LogP contribution in [0.4, 0.5) is 13.2 Å². The lowest BCUT2D eigenvalue weighted by Gasteiger charge is -2.08. The minimum Gasteiger partial charge on any atom is -0.352 e. The number of hydrogen-bond donors (Lipinski definition) is 1. The number of carbonyl (C=O) groups is 1. The number of benzene rings is 2. The van der Waals surface area contributed by atoms with E-state index in [1.54, 1.807) is 0 Å². The van der Waals surface area contributed by atoms with Gasteiger partial charge in [0.15, 0.2) is 0 Å². The van der Waals surface area contributed by atoms with Gasteiger partial charge in [-0.1, -0.05) is 30.3 Å². The van der Waals surface area contributed by atoms with Crippen LogP contribution in [0.1, 0.15) is 21.6 Å². The van der Waals surface area contributed by atoms with Crippen molar-refractivity contribution in [2.75, 3.05) is 6.54 Å². The Hall–Kier alpha value is -2.67. The maximum atomic E-state index is 12.5. The summed E-state index contributed by atoms with van der Waals surface area (Å²) in [5, 5.41) is 5.55. The Morgan fingerprint density at radius 1 is 1.04 bits per heavy atom. The summed E-state index contributed by atoms with van der Waals surface area (Å²) < 4.78 is 37.6. The van der Waals surface area contributed by atoms with Gasteiger partial charge in [0.25, 0.3) is 5.91 Å². The highest BCUT2D eigenvalue weighted by molar-refractivity contribution is 7.13. The molecule has 0 saturated carbocycles. The van der Waals surface area contributed by atoms with Crippen molar-refractivity contribution < 1.29 is 18.0 Å². The van der Waals surface area contributed by atoms with E-state index in [2.05, 4.69) is 10.3 Å². The van der Waals surface area contributed by atoms with Crippen molar-refractivity contribution >= 4 is 17.2 Å². The van der Waals surface area contributed by atoms with E-state index in [1.165, 1.54) is 23.5 Å². The Labute approximate surface area is 152 Å². The van der Waals surface area contributed by atoms with Gasteiger partial charge in [-0.05, 0) is 24.3 Å². The lowest BCUT2D eigenvalue weighted by atomic mass is 10.1. The molecule has 0 aliphatic carbocycles. The normalized spacial score (nSPS) is 11.3. The molecule has 7 heteroatoms. The van der Waals surface area contributed by atoms with E-state index in [4.69, 9.17) is 0 Å². The molecule has 0 radical (unpaired) electrons. The van der Waals surface area contributed by atoms with Crippen molar-refractivity contribution in [3.63, 3.8) is 0 Å². The standard InChI is InChI=1S/C19H15F3N2OS/c20-19(21,22)15-8-6-13(7-9-15)17(25)23-11-10-16-12-26-18(24-16)14-4-2-1-3-5-14/h1-9,12H,10-11H2,(H,23,25). The molecule has 0 bridgehead atoms. The van der Waals surface area contributed by atoms with Gasteiger partial charge < -0.3 is 5.32 Å². The van der Waals surface area contributed by atoms with Crippen LogP contribution in [0.25, 0.3) is 10.6 Å². The molecule has 3 nitrogen and oxygen atoms in total. The van der Waals surface area contributed by atoms with E-state index in [9.17, 15) is 18.0 Å². The monoisotopic (exact) mass is 376 g/mol. The average molecular weight is 376 g/mol. The fourth-order valence-corrected chi connectivity index (χ4v) is 3.21. The highest BCUT2D eigenvalue weighted by Crippen LogP contribution is 2.29. The van der Waals surface area contributed by atoms with Gasteiger partial charge >= 0.3 is 6.18 Å². The number of rotatable bonds is 5. The first-order valence-electron chi connectivity index (χ1n) is 7.89. The summed E-state index contributed by atoms with van der Waals surface area (Å²) in [5.41, 5.74) is 1.32. The molecule has 0 aliphatic rings. The van der Waals surface area contributed by atoms with E-state index in [-0.39, 0.29) is 5.56 Å². The zero-order chi connectivity index (χ0) is 18.6. The number of aromatic nitrogens is 1. The Bertz CT molecular complexity index is 874. The summed E-state index contributed by atoms with van der Waals surface area (Å²) >= 11 is 1.53. The predicted molar refractivity (Wildman–Crippen MR) is 95.0 cm³/mol. The van der Waals surface area contributed by atoms with Crippen molar-refractivity contribution in [3.8, 4) is 10.6 Å². The minimum absolute atomic E-state index is 0.196. The number of carbonyl (C=O) groups excluding carboxylic acids is 1. The first kappa shape index (κ1) is 18.1. The number of thiazole rings is 1. The van der Waals surface area contributed by atoms with E-state index >= 15 is 0 Å². The third-order valence-electron chi connectivity index (χ3n) is 3.71. The second-order valence-corrected chi connectivity index (χ2v) is 6.45. The van der Waals surface area contributed by atoms with Crippen LogP contribution < -0.4 is 5.32 Å². The highest BCUT2D eigenvalue weighted by Gasteiger charge is 2.30. The summed E-state index contributed by atoms with van der Waals surface area (Å²) in [6.45, 7) is 0.359. The van der Waals surface area contributed by atoms with E-state index < -0.39 is 17.6 Å². The number of nitrogens with one attached hydrogen (secondary N) is 1. The molecule has 1 N–H and O–H groups in total. The van der Waals surface area contributed by atoms with Crippen LogP contribution in [-0.4, -0.2) is 17.4 Å². The summed E-state index contributed by atoms with van der Waals surface area (Å²) in [4.78, 5) is 16.5. The van der Waals surface area contributed by atoms with Crippen molar-refractivity contribution in [1.29, 1.82) is 0 Å². The van der Waals surface area contributed by atoms with Gasteiger partial charge in [-0.15, -0.1) is 11.3 Å². The molecule has 0 unspecified atom stereocenters. The average Bonchev–Trinajstić information content (AvgIpc) is 3.11. The molecule has 1 aromatic heterocycles. The van der Waals surface area contributed by atoms with Crippen molar-refractivity contribution in [2.24, 2.45) is 0 Å². The molecule has 1 amide bonds. The first-order valence-corrected chi connectivity index (χ1v) is 8.77. The highest BCUT2D eigenvalue weighted by atomic mass is 32.1. The molecular weight excluding hydrogens is 361 g/mol. The minimum atomic E-state index is -4.41. The molecule has 0 fully saturated rings. The molecular formula is C19H15F3N2OS. The fraction of sp³-hybridized carbons (Fsp3) is 0.158. The van der Waals surface area contributed by atoms with Crippen molar-refractivity contribution in [1.82, 2.24) is 10.3 Å². The largest absolute Gasteiger partial charge is 0.416 e. The second-order valence-electron chi connectivity index (χ2n) is 5.59. The molecule has 2 aromatic carbocycles. The molecule has 0 spiro atoms. The fourth-order valence-electron chi connectivity index (χ4n) is 2.35. The topological polar surface area (TPSA) is 42.0 Å². The molecule has 134 valence electrons. The smallest absolute Gasteiger partial charge is 0.352 e. The summed E-state index contributed by atoms with van der Waals surface area (Å²) in [5.74, 6) is -0.405. The van der Waals surface area contributed by atoms with Crippen LogP contribution in [0.5, 0.6) is 0 Å². The summed E-state index contributed by atoms with van der Waals surface area (Å²) in [6.07, 6.45) is -3.86. The Morgan fingerprint density at radius 3 is 2.38 bits per heavy atom.